The molecule has 0 spiro atoms. The summed E-state index contributed by atoms with van der Waals surface area (Å²) in [7, 11) is 0. The van der Waals surface area contributed by atoms with Crippen LogP contribution in [-0.4, -0.2) is 22.6 Å². The molecule has 0 fully saturated rings. The summed E-state index contributed by atoms with van der Waals surface area (Å²) in [5, 5.41) is 14.6. The molecule has 0 aliphatic rings. The van der Waals surface area contributed by atoms with Gasteiger partial charge in [-0.05, 0) is 11.8 Å². The van der Waals surface area contributed by atoms with Crippen molar-refractivity contribution in [1.82, 2.24) is 4.98 Å². The zero-order valence-electron chi connectivity index (χ0n) is 12.5. The molecule has 4 N–H and O–H groups in total. The standard InChI is InChI=1S/C14H25N3O2S/c1-4-5-6-7-14(2,3)9-16-13-17-10(8-20-13)11(15)12(18)19/h8,11H,4-7,9,15H2,1-3H3,(H,16,17)(H,18,19). The molecule has 1 atom stereocenters. The SMILES string of the molecule is CCCCCC(C)(C)CNc1nc(C(N)C(=O)O)cs1. The highest BCUT2D eigenvalue weighted by molar-refractivity contribution is 7.13. The molecule has 0 radical (unpaired) electrons. The molecule has 20 heavy (non-hydrogen) atoms. The van der Waals surface area contributed by atoms with Crippen molar-refractivity contribution < 1.29 is 9.90 Å². The fourth-order valence-electron chi connectivity index (χ4n) is 1.89. The Morgan fingerprint density at radius 2 is 2.25 bits per heavy atom. The molecule has 0 aromatic carbocycles. The van der Waals surface area contributed by atoms with Gasteiger partial charge in [0, 0.05) is 11.9 Å². The topological polar surface area (TPSA) is 88.2 Å². The summed E-state index contributed by atoms with van der Waals surface area (Å²) in [6, 6.07) is -1.04. The predicted molar refractivity (Wildman–Crippen MR) is 83.1 cm³/mol. The molecule has 114 valence electrons. The van der Waals surface area contributed by atoms with Crippen LogP contribution in [0.4, 0.5) is 5.13 Å². The lowest BCUT2D eigenvalue weighted by Gasteiger charge is -2.24. The number of nitrogens with two attached hydrogens (primary N) is 1. The second kappa shape index (κ2) is 7.59. The molecule has 0 amide bonds. The number of rotatable bonds is 9. The van der Waals surface area contributed by atoms with Crippen LogP contribution in [0.1, 0.15) is 58.2 Å². The highest BCUT2D eigenvalue weighted by Gasteiger charge is 2.20. The number of carboxylic acid groups (broad SMARTS) is 1. The van der Waals surface area contributed by atoms with Gasteiger partial charge in [-0.3, -0.25) is 4.79 Å². The van der Waals surface area contributed by atoms with Crippen LogP contribution in [0, 0.1) is 5.41 Å². The number of nitrogens with zero attached hydrogens (tertiary/aromatic N) is 1. The number of aliphatic carboxylic acids is 1. The van der Waals surface area contributed by atoms with Crippen molar-refractivity contribution in [3.8, 4) is 0 Å². The van der Waals surface area contributed by atoms with E-state index < -0.39 is 12.0 Å². The van der Waals surface area contributed by atoms with Crippen molar-refractivity contribution in [2.45, 2.75) is 52.5 Å². The Balaban J connectivity index is 2.47. The maximum atomic E-state index is 10.8. The Hall–Kier alpha value is -1.14. The van der Waals surface area contributed by atoms with Crippen molar-refractivity contribution in [2.24, 2.45) is 11.1 Å². The number of unbranched alkanes of at least 4 members (excludes halogenated alkanes) is 2. The monoisotopic (exact) mass is 299 g/mol. The first-order chi connectivity index (χ1) is 9.35. The summed E-state index contributed by atoms with van der Waals surface area (Å²) in [5.41, 5.74) is 6.15. The van der Waals surface area contributed by atoms with Crippen LogP contribution >= 0.6 is 11.3 Å². The molecule has 0 aliphatic carbocycles. The lowest BCUT2D eigenvalue weighted by Crippen LogP contribution is -2.23. The summed E-state index contributed by atoms with van der Waals surface area (Å²) in [6.45, 7) is 7.49. The fraction of sp³-hybridized carbons (Fsp3) is 0.714. The molecule has 1 rings (SSSR count). The van der Waals surface area contributed by atoms with Gasteiger partial charge in [0.15, 0.2) is 5.13 Å². The molecule has 5 nitrogen and oxygen atoms in total. The lowest BCUT2D eigenvalue weighted by atomic mass is 9.87. The highest BCUT2D eigenvalue weighted by Crippen LogP contribution is 2.26. The molecule has 1 heterocycles. The molecule has 1 unspecified atom stereocenters. The van der Waals surface area contributed by atoms with Crippen molar-refractivity contribution in [3.05, 3.63) is 11.1 Å². The average molecular weight is 299 g/mol. The average Bonchev–Trinajstić information content (AvgIpc) is 2.84. The minimum Gasteiger partial charge on any atom is -0.480 e. The Labute approximate surface area is 124 Å². The fourth-order valence-corrected chi connectivity index (χ4v) is 2.64. The normalized spacial score (nSPS) is 13.2. The van der Waals surface area contributed by atoms with Crippen molar-refractivity contribution in [3.63, 3.8) is 0 Å². The van der Waals surface area contributed by atoms with E-state index in [2.05, 4.69) is 31.1 Å². The third-order valence-electron chi connectivity index (χ3n) is 3.28. The predicted octanol–water partition coefficient (Wildman–Crippen LogP) is 3.25. The zero-order chi connectivity index (χ0) is 15.2. The minimum atomic E-state index is -1.05. The van der Waals surface area contributed by atoms with Crippen LogP contribution in [0.25, 0.3) is 0 Å². The molecule has 6 heteroatoms. The van der Waals surface area contributed by atoms with Crippen molar-refractivity contribution in [1.29, 1.82) is 0 Å². The van der Waals surface area contributed by atoms with E-state index in [9.17, 15) is 4.79 Å². The van der Waals surface area contributed by atoms with Gasteiger partial charge in [-0.2, -0.15) is 0 Å². The maximum absolute atomic E-state index is 10.8. The summed E-state index contributed by atoms with van der Waals surface area (Å²) in [4.78, 5) is 15.0. The summed E-state index contributed by atoms with van der Waals surface area (Å²) < 4.78 is 0. The van der Waals surface area contributed by atoms with Crippen LogP contribution in [0.5, 0.6) is 0 Å². The molecule has 1 aromatic heterocycles. The van der Waals surface area contributed by atoms with Crippen LogP contribution in [0.3, 0.4) is 0 Å². The smallest absolute Gasteiger partial charge is 0.326 e. The van der Waals surface area contributed by atoms with Gasteiger partial charge in [0.05, 0.1) is 5.69 Å². The Kier molecular flexibility index (Phi) is 6.42. The Morgan fingerprint density at radius 1 is 1.55 bits per heavy atom. The number of hydrogen-bond donors (Lipinski definition) is 3. The number of anilines is 1. The molecule has 0 saturated heterocycles. The summed E-state index contributed by atoms with van der Waals surface area (Å²) in [6.07, 6.45) is 4.89. The summed E-state index contributed by atoms with van der Waals surface area (Å²) >= 11 is 1.40. The first-order valence-corrected chi connectivity index (χ1v) is 7.91. The molecule has 0 bridgehead atoms. The third-order valence-corrected chi connectivity index (χ3v) is 4.10. The van der Waals surface area contributed by atoms with E-state index in [1.807, 2.05) is 0 Å². The van der Waals surface area contributed by atoms with E-state index in [1.165, 1.54) is 37.0 Å². The van der Waals surface area contributed by atoms with Gasteiger partial charge in [-0.15, -0.1) is 11.3 Å². The van der Waals surface area contributed by atoms with Gasteiger partial charge in [0.1, 0.15) is 6.04 Å². The van der Waals surface area contributed by atoms with Crippen molar-refractivity contribution >= 4 is 22.4 Å². The number of nitrogens with one attached hydrogen (secondary N) is 1. The van der Waals surface area contributed by atoms with Crippen LogP contribution in [-0.2, 0) is 4.79 Å². The molecule has 0 aliphatic heterocycles. The maximum Gasteiger partial charge on any atom is 0.326 e. The van der Waals surface area contributed by atoms with Gasteiger partial charge in [0.2, 0.25) is 0 Å². The van der Waals surface area contributed by atoms with Crippen LogP contribution in [0.2, 0.25) is 0 Å². The first kappa shape index (κ1) is 16.9. The Morgan fingerprint density at radius 3 is 2.85 bits per heavy atom. The second-order valence-corrected chi connectivity index (χ2v) is 6.73. The Bertz CT molecular complexity index is 432. The number of thiazole rings is 1. The van der Waals surface area contributed by atoms with E-state index in [4.69, 9.17) is 10.8 Å². The number of aromatic nitrogens is 1. The van der Waals surface area contributed by atoms with Gasteiger partial charge < -0.3 is 16.2 Å². The molecule has 0 saturated carbocycles. The van der Waals surface area contributed by atoms with Gasteiger partial charge in [0.25, 0.3) is 0 Å². The number of carboxylic acids is 1. The van der Waals surface area contributed by atoms with E-state index in [0.717, 1.165) is 11.7 Å². The largest absolute Gasteiger partial charge is 0.480 e. The molecular weight excluding hydrogens is 274 g/mol. The van der Waals surface area contributed by atoms with Crippen molar-refractivity contribution in [2.75, 3.05) is 11.9 Å². The molecular formula is C14H25N3O2S. The minimum absolute atomic E-state index is 0.204. The van der Waals surface area contributed by atoms with Gasteiger partial charge in [-0.25, -0.2) is 4.98 Å². The first-order valence-electron chi connectivity index (χ1n) is 7.03. The van der Waals surface area contributed by atoms with Crippen LogP contribution in [0.15, 0.2) is 5.38 Å². The van der Waals surface area contributed by atoms with E-state index in [-0.39, 0.29) is 5.41 Å². The van der Waals surface area contributed by atoms with E-state index in [1.54, 1.807) is 5.38 Å². The highest BCUT2D eigenvalue weighted by atomic mass is 32.1. The number of hydrogen-bond acceptors (Lipinski definition) is 5. The summed E-state index contributed by atoms with van der Waals surface area (Å²) in [5.74, 6) is -1.05. The quantitative estimate of drug-likeness (QED) is 0.609. The van der Waals surface area contributed by atoms with E-state index in [0.29, 0.717) is 5.69 Å². The second-order valence-electron chi connectivity index (χ2n) is 5.87. The molecule has 1 aromatic rings. The zero-order valence-corrected chi connectivity index (χ0v) is 13.3. The lowest BCUT2D eigenvalue weighted by molar-refractivity contribution is -0.138. The van der Waals surface area contributed by atoms with Crippen LogP contribution < -0.4 is 11.1 Å². The van der Waals surface area contributed by atoms with E-state index >= 15 is 0 Å². The number of carbonyl (C=O) groups is 1. The van der Waals surface area contributed by atoms with Gasteiger partial charge in [-0.1, -0.05) is 40.0 Å². The third kappa shape index (κ3) is 5.46. The van der Waals surface area contributed by atoms with Gasteiger partial charge >= 0.3 is 5.97 Å².